The fourth-order valence-electron chi connectivity index (χ4n) is 9.48. The minimum Gasteiger partial charge on any atom is -0.481 e. The fraction of sp³-hybridized carbons (Fsp3) is 0.962. The molecule has 4 aliphatic rings. The van der Waals surface area contributed by atoms with Gasteiger partial charge < -0.3 is 15.3 Å². The highest BCUT2D eigenvalue weighted by Crippen LogP contribution is 2.69. The number of fused-ring (bicyclic) bond motifs is 5. The van der Waals surface area contributed by atoms with Crippen LogP contribution in [0.3, 0.4) is 0 Å². The molecule has 3 N–H and O–H groups in total. The van der Waals surface area contributed by atoms with E-state index in [-0.39, 0.29) is 29.5 Å². The molecule has 0 aromatic rings. The minimum atomic E-state index is -0.683. The lowest BCUT2D eigenvalue weighted by molar-refractivity contribution is -0.203. The Balaban J connectivity index is 1.61. The van der Waals surface area contributed by atoms with Gasteiger partial charge in [0.2, 0.25) is 0 Å². The first-order valence-electron chi connectivity index (χ1n) is 12.7. The number of carbonyl (C=O) groups is 1. The molecular weight excluding hydrogens is 376 g/mol. The zero-order chi connectivity index (χ0) is 21.8. The van der Waals surface area contributed by atoms with E-state index in [1.165, 1.54) is 25.7 Å². The Morgan fingerprint density at radius 1 is 1.00 bits per heavy atom. The Kier molecular flexibility index (Phi) is 6.07. The average Bonchev–Trinajstić information content (AvgIpc) is 3.05. The molecule has 0 aliphatic heterocycles. The third-order valence-corrected chi connectivity index (χ3v) is 11.0. The smallest absolute Gasteiger partial charge is 0.303 e. The number of hydrogen-bond acceptors (Lipinski definition) is 3. The monoisotopic (exact) mass is 420 g/mol. The average molecular weight is 421 g/mol. The van der Waals surface area contributed by atoms with Crippen molar-refractivity contribution < 1.29 is 20.1 Å². The summed E-state index contributed by atoms with van der Waals surface area (Å²) in [4.78, 5) is 11.1. The van der Waals surface area contributed by atoms with Gasteiger partial charge in [0.05, 0.1) is 12.2 Å². The third-order valence-electron chi connectivity index (χ3n) is 11.0. The van der Waals surface area contributed by atoms with Crippen molar-refractivity contribution in [3.63, 3.8) is 0 Å². The molecule has 4 nitrogen and oxygen atoms in total. The van der Waals surface area contributed by atoms with Crippen LogP contribution in [0.4, 0.5) is 0 Å². The minimum absolute atomic E-state index is 0.194. The van der Waals surface area contributed by atoms with Crippen molar-refractivity contribution >= 4 is 5.97 Å². The van der Waals surface area contributed by atoms with E-state index in [1.807, 2.05) is 0 Å². The molecule has 4 rings (SSSR count). The maximum Gasteiger partial charge on any atom is 0.303 e. The second kappa shape index (κ2) is 8.06. The molecule has 0 aromatic heterocycles. The number of carboxylic acids is 1. The van der Waals surface area contributed by atoms with Crippen molar-refractivity contribution in [3.05, 3.63) is 0 Å². The maximum absolute atomic E-state index is 11.7. The number of carboxylic acid groups (broad SMARTS) is 1. The van der Waals surface area contributed by atoms with Gasteiger partial charge in [-0.3, -0.25) is 4.79 Å². The van der Waals surface area contributed by atoms with Crippen LogP contribution in [0.1, 0.15) is 91.9 Å². The molecule has 4 heteroatoms. The summed E-state index contributed by atoms with van der Waals surface area (Å²) in [5.74, 6) is 2.58. The van der Waals surface area contributed by atoms with Gasteiger partial charge in [-0.15, -0.1) is 0 Å². The van der Waals surface area contributed by atoms with E-state index in [4.69, 9.17) is 5.11 Å². The van der Waals surface area contributed by atoms with Gasteiger partial charge in [-0.25, -0.2) is 0 Å². The summed E-state index contributed by atoms with van der Waals surface area (Å²) < 4.78 is 0. The molecule has 172 valence electrons. The molecule has 0 radical (unpaired) electrons. The van der Waals surface area contributed by atoms with Gasteiger partial charge in [0, 0.05) is 6.42 Å². The zero-order valence-corrected chi connectivity index (χ0v) is 19.5. The topological polar surface area (TPSA) is 77.8 Å². The van der Waals surface area contributed by atoms with Gasteiger partial charge in [-0.2, -0.15) is 0 Å². The first-order chi connectivity index (χ1) is 14.1. The molecule has 2 unspecified atom stereocenters. The lowest BCUT2D eigenvalue weighted by atomic mass is 9.41. The molecule has 0 heterocycles. The summed E-state index contributed by atoms with van der Waals surface area (Å²) in [5, 5.41) is 31.3. The Hall–Kier alpha value is -0.610. The van der Waals surface area contributed by atoms with E-state index in [2.05, 4.69) is 27.7 Å². The Bertz CT molecular complexity index is 649. The lowest BCUT2D eigenvalue weighted by Crippen LogP contribution is -2.62. The van der Waals surface area contributed by atoms with Gasteiger partial charge in [-0.1, -0.05) is 34.1 Å². The number of rotatable bonds is 5. The van der Waals surface area contributed by atoms with Crippen LogP contribution in [0.2, 0.25) is 0 Å². The molecule has 0 bridgehead atoms. The van der Waals surface area contributed by atoms with Gasteiger partial charge >= 0.3 is 5.97 Å². The quantitative estimate of drug-likeness (QED) is 0.577. The largest absolute Gasteiger partial charge is 0.481 e. The molecule has 4 fully saturated rings. The van der Waals surface area contributed by atoms with Crippen LogP contribution in [0, 0.1) is 52.3 Å². The zero-order valence-electron chi connectivity index (χ0n) is 19.5. The number of aliphatic hydroxyl groups excluding tert-OH is 2. The van der Waals surface area contributed by atoms with Crippen molar-refractivity contribution in [1.82, 2.24) is 0 Å². The van der Waals surface area contributed by atoms with Crippen LogP contribution in [0.15, 0.2) is 0 Å². The van der Waals surface area contributed by atoms with Crippen LogP contribution in [0.25, 0.3) is 0 Å². The normalized spacial score (nSPS) is 51.5. The first-order valence-corrected chi connectivity index (χ1v) is 12.7. The summed E-state index contributed by atoms with van der Waals surface area (Å²) >= 11 is 0. The SMILES string of the molecule is CC[C@H]1[C@@H](O)C2[C@@H]3CC[C@H]([C@H](C)CCC(=O)O)C3(C)CC[C@@H]2[C@@]2(C)CC[C@@H](O)C[C@@H]12. The van der Waals surface area contributed by atoms with E-state index in [9.17, 15) is 15.0 Å². The highest BCUT2D eigenvalue weighted by molar-refractivity contribution is 5.66. The maximum atomic E-state index is 11.7. The molecule has 30 heavy (non-hydrogen) atoms. The first kappa shape index (κ1) is 22.6. The molecule has 0 aromatic carbocycles. The van der Waals surface area contributed by atoms with Gasteiger partial charge in [0.1, 0.15) is 0 Å². The molecule has 0 spiro atoms. The Morgan fingerprint density at radius 3 is 2.33 bits per heavy atom. The van der Waals surface area contributed by atoms with Gasteiger partial charge in [0.15, 0.2) is 0 Å². The van der Waals surface area contributed by atoms with Crippen molar-refractivity contribution in [1.29, 1.82) is 0 Å². The molecule has 0 amide bonds. The summed E-state index contributed by atoms with van der Waals surface area (Å²) in [6, 6.07) is 0. The standard InChI is InChI=1S/C26H44O4/c1-5-17-21-14-16(27)10-12-26(21,4)20-11-13-25(3)18(15(2)6-9-22(28)29)7-8-19(25)23(20)24(17)30/h15-21,23-24,27,30H,5-14H2,1-4H3,(H,28,29)/t15-,16-,17-,18-,19+,20+,21+,23?,24-,25?,26-/m1/s1. The predicted octanol–water partition coefficient (Wildman–Crippen LogP) is 5.11. The van der Waals surface area contributed by atoms with E-state index >= 15 is 0 Å². The molecule has 4 saturated carbocycles. The summed E-state index contributed by atoms with van der Waals surface area (Å²) in [5.41, 5.74) is 0.480. The Labute approximate surface area is 182 Å². The third kappa shape index (κ3) is 3.36. The molecule has 0 saturated heterocycles. The Morgan fingerprint density at radius 2 is 1.67 bits per heavy atom. The fourth-order valence-corrected chi connectivity index (χ4v) is 9.48. The second-order valence-corrected chi connectivity index (χ2v) is 12.0. The molecule has 4 aliphatic carbocycles. The highest BCUT2D eigenvalue weighted by Gasteiger charge is 2.64. The van der Waals surface area contributed by atoms with Crippen molar-refractivity contribution in [2.75, 3.05) is 0 Å². The van der Waals surface area contributed by atoms with E-state index in [0.717, 1.165) is 32.1 Å². The van der Waals surface area contributed by atoms with E-state index in [0.29, 0.717) is 41.4 Å². The van der Waals surface area contributed by atoms with Crippen molar-refractivity contribution in [2.45, 2.75) is 104 Å². The van der Waals surface area contributed by atoms with Crippen molar-refractivity contribution in [3.8, 4) is 0 Å². The lowest BCUT2D eigenvalue weighted by Gasteiger charge is -2.64. The predicted molar refractivity (Wildman–Crippen MR) is 118 cm³/mol. The molecular formula is C26H44O4. The van der Waals surface area contributed by atoms with Gasteiger partial charge in [-0.05, 0) is 104 Å². The van der Waals surface area contributed by atoms with E-state index in [1.54, 1.807) is 0 Å². The van der Waals surface area contributed by atoms with Crippen LogP contribution < -0.4 is 0 Å². The van der Waals surface area contributed by atoms with Gasteiger partial charge in [0.25, 0.3) is 0 Å². The number of aliphatic hydroxyl groups is 2. The van der Waals surface area contributed by atoms with Crippen LogP contribution in [-0.2, 0) is 4.79 Å². The van der Waals surface area contributed by atoms with Crippen LogP contribution >= 0.6 is 0 Å². The summed E-state index contributed by atoms with van der Waals surface area (Å²) in [7, 11) is 0. The molecule has 11 atom stereocenters. The van der Waals surface area contributed by atoms with E-state index < -0.39 is 5.97 Å². The number of hydrogen-bond donors (Lipinski definition) is 3. The summed E-state index contributed by atoms with van der Waals surface area (Å²) in [6.07, 6.45) is 9.27. The summed E-state index contributed by atoms with van der Waals surface area (Å²) in [6.45, 7) is 9.44. The second-order valence-electron chi connectivity index (χ2n) is 12.0. The highest BCUT2D eigenvalue weighted by atomic mass is 16.4. The van der Waals surface area contributed by atoms with Crippen LogP contribution in [0.5, 0.6) is 0 Å². The van der Waals surface area contributed by atoms with Crippen LogP contribution in [-0.4, -0.2) is 33.5 Å². The van der Waals surface area contributed by atoms with Crippen molar-refractivity contribution in [2.24, 2.45) is 52.3 Å². The number of aliphatic carboxylic acids is 1.